The van der Waals surface area contributed by atoms with Crippen LogP contribution in [-0.2, 0) is 4.79 Å². The number of nitrogens with zero attached hydrogens (tertiary/aromatic N) is 3. The van der Waals surface area contributed by atoms with Crippen molar-refractivity contribution in [1.82, 2.24) is 14.3 Å². The van der Waals surface area contributed by atoms with Crippen LogP contribution in [0.5, 0.6) is 0 Å². The van der Waals surface area contributed by atoms with Gasteiger partial charge in [-0.25, -0.2) is 4.98 Å². The van der Waals surface area contributed by atoms with Gasteiger partial charge >= 0.3 is 0 Å². The lowest BCUT2D eigenvalue weighted by atomic mass is 9.96. The Balaban J connectivity index is 1.57. The summed E-state index contributed by atoms with van der Waals surface area (Å²) >= 11 is 3.01. The van der Waals surface area contributed by atoms with Crippen molar-refractivity contribution in [2.45, 2.75) is 12.8 Å². The number of hydrogen-bond donors (Lipinski definition) is 1. The highest BCUT2D eigenvalue weighted by Crippen LogP contribution is 2.29. The first-order chi connectivity index (χ1) is 10.6. The second kappa shape index (κ2) is 5.06. The van der Waals surface area contributed by atoms with E-state index in [1.807, 2.05) is 22.0 Å². The fourth-order valence-corrected chi connectivity index (χ4v) is 4.64. The summed E-state index contributed by atoms with van der Waals surface area (Å²) in [6.45, 7) is 1.17. The van der Waals surface area contributed by atoms with E-state index in [2.05, 4.69) is 4.98 Å². The van der Waals surface area contributed by atoms with Gasteiger partial charge in [-0.15, -0.1) is 22.7 Å². The van der Waals surface area contributed by atoms with Gasteiger partial charge in [0, 0.05) is 30.6 Å². The van der Waals surface area contributed by atoms with Crippen molar-refractivity contribution in [3.05, 3.63) is 22.5 Å². The number of piperidine rings is 1. The number of carbonyl (C=O) groups excluding carboxylic acids is 2. The van der Waals surface area contributed by atoms with Crippen LogP contribution < -0.4 is 5.73 Å². The van der Waals surface area contributed by atoms with E-state index in [4.69, 9.17) is 5.73 Å². The fourth-order valence-electron chi connectivity index (χ4n) is 2.88. The van der Waals surface area contributed by atoms with Gasteiger partial charge in [-0.3, -0.25) is 14.0 Å². The monoisotopic (exact) mass is 334 g/mol. The van der Waals surface area contributed by atoms with E-state index in [0.29, 0.717) is 30.8 Å². The highest BCUT2D eigenvalue weighted by molar-refractivity contribution is 7.21. The molecule has 3 aromatic rings. The molecule has 0 radical (unpaired) electrons. The fraction of sp³-hybridized carbons (Fsp3) is 0.357. The van der Waals surface area contributed by atoms with Crippen LogP contribution in [-0.4, -0.2) is 39.2 Å². The molecule has 1 aliphatic heterocycles. The second-order valence-electron chi connectivity index (χ2n) is 5.44. The van der Waals surface area contributed by atoms with Crippen LogP contribution >= 0.6 is 22.7 Å². The Labute approximate surface area is 134 Å². The number of imidazole rings is 1. The first-order valence-electron chi connectivity index (χ1n) is 7.07. The molecular formula is C14H14N4O2S2. The van der Waals surface area contributed by atoms with E-state index in [1.54, 1.807) is 16.2 Å². The summed E-state index contributed by atoms with van der Waals surface area (Å²) in [4.78, 5) is 32.7. The minimum Gasteiger partial charge on any atom is -0.369 e. The van der Waals surface area contributed by atoms with E-state index in [0.717, 1.165) is 15.3 Å². The molecule has 1 fully saturated rings. The minimum absolute atomic E-state index is 0.0231. The van der Waals surface area contributed by atoms with Crippen molar-refractivity contribution < 1.29 is 9.59 Å². The standard InChI is InChI=1S/C14H14N4O2S2/c15-11(19)8-1-3-17(4-2-8)13(20)10-7-9-12(22-10)16-14-18(9)5-6-21-14/h5-8H,1-4H2,(H2,15,19). The number of thiazole rings is 1. The van der Waals surface area contributed by atoms with Crippen molar-refractivity contribution in [2.24, 2.45) is 11.7 Å². The molecule has 1 aliphatic rings. The first-order valence-corrected chi connectivity index (χ1v) is 8.77. The van der Waals surface area contributed by atoms with Gasteiger partial charge in [-0.05, 0) is 18.9 Å². The van der Waals surface area contributed by atoms with Crippen LogP contribution in [0.2, 0.25) is 0 Å². The van der Waals surface area contributed by atoms with Gasteiger partial charge in [-0.2, -0.15) is 0 Å². The van der Waals surface area contributed by atoms with E-state index >= 15 is 0 Å². The quantitative estimate of drug-likeness (QED) is 0.778. The number of amides is 2. The lowest BCUT2D eigenvalue weighted by Gasteiger charge is -2.30. The maximum absolute atomic E-state index is 12.6. The normalized spacial score (nSPS) is 16.6. The van der Waals surface area contributed by atoms with Crippen LogP contribution in [0.1, 0.15) is 22.5 Å². The summed E-state index contributed by atoms with van der Waals surface area (Å²) in [6.07, 6.45) is 3.27. The third-order valence-electron chi connectivity index (χ3n) is 4.14. The van der Waals surface area contributed by atoms with E-state index in [-0.39, 0.29) is 17.7 Å². The Bertz CT molecular complexity index is 870. The Morgan fingerprint density at radius 1 is 1.32 bits per heavy atom. The number of likely N-dealkylation sites (tertiary alicyclic amines) is 1. The number of fused-ring (bicyclic) bond motifs is 3. The molecule has 4 heterocycles. The Morgan fingerprint density at radius 3 is 2.82 bits per heavy atom. The molecule has 2 N–H and O–H groups in total. The highest BCUT2D eigenvalue weighted by Gasteiger charge is 2.27. The predicted molar refractivity (Wildman–Crippen MR) is 86.3 cm³/mol. The van der Waals surface area contributed by atoms with E-state index < -0.39 is 0 Å². The van der Waals surface area contributed by atoms with Crippen LogP contribution in [0, 0.1) is 5.92 Å². The zero-order valence-electron chi connectivity index (χ0n) is 11.7. The van der Waals surface area contributed by atoms with Crippen molar-refractivity contribution in [2.75, 3.05) is 13.1 Å². The van der Waals surface area contributed by atoms with E-state index in [1.165, 1.54) is 11.3 Å². The number of nitrogens with two attached hydrogens (primary N) is 1. The van der Waals surface area contributed by atoms with Crippen molar-refractivity contribution in [3.63, 3.8) is 0 Å². The highest BCUT2D eigenvalue weighted by atomic mass is 32.1. The minimum atomic E-state index is -0.262. The molecule has 0 unspecified atom stereocenters. The summed E-state index contributed by atoms with van der Waals surface area (Å²) in [5.74, 6) is -0.339. The number of aromatic nitrogens is 2. The van der Waals surface area contributed by atoms with Gasteiger partial charge in [0.05, 0.1) is 10.4 Å². The third kappa shape index (κ3) is 2.10. The summed E-state index contributed by atoms with van der Waals surface area (Å²) in [5.41, 5.74) is 6.31. The molecule has 0 saturated carbocycles. The number of hydrogen-bond acceptors (Lipinski definition) is 5. The smallest absolute Gasteiger partial charge is 0.264 e. The number of thiophene rings is 1. The largest absolute Gasteiger partial charge is 0.369 e. The molecular weight excluding hydrogens is 320 g/mol. The Morgan fingerprint density at radius 2 is 2.09 bits per heavy atom. The zero-order chi connectivity index (χ0) is 15.3. The van der Waals surface area contributed by atoms with E-state index in [9.17, 15) is 9.59 Å². The van der Waals surface area contributed by atoms with Gasteiger partial charge in [0.1, 0.15) is 4.83 Å². The maximum atomic E-state index is 12.6. The second-order valence-corrected chi connectivity index (χ2v) is 7.34. The zero-order valence-corrected chi connectivity index (χ0v) is 13.3. The molecule has 114 valence electrons. The average Bonchev–Trinajstić information content (AvgIpc) is 3.18. The number of rotatable bonds is 2. The summed E-state index contributed by atoms with van der Waals surface area (Å²) in [6, 6.07) is 1.91. The molecule has 0 aliphatic carbocycles. The molecule has 0 bridgehead atoms. The molecule has 0 aromatic carbocycles. The molecule has 3 aromatic heterocycles. The molecule has 1 saturated heterocycles. The molecule has 6 nitrogen and oxygen atoms in total. The van der Waals surface area contributed by atoms with Crippen molar-refractivity contribution in [1.29, 1.82) is 0 Å². The first kappa shape index (κ1) is 13.7. The lowest BCUT2D eigenvalue weighted by Crippen LogP contribution is -2.41. The number of carbonyl (C=O) groups is 2. The van der Waals surface area contributed by atoms with Crippen LogP contribution in [0.3, 0.4) is 0 Å². The molecule has 0 spiro atoms. The third-order valence-corrected chi connectivity index (χ3v) is 5.90. The van der Waals surface area contributed by atoms with Gasteiger partial charge < -0.3 is 10.6 Å². The SMILES string of the molecule is NC(=O)C1CCN(C(=O)c2cc3c(nc4sccn43)s2)CC1. The number of primary amides is 1. The molecule has 8 heteroatoms. The van der Waals surface area contributed by atoms with Crippen molar-refractivity contribution in [3.8, 4) is 0 Å². The topological polar surface area (TPSA) is 80.7 Å². The van der Waals surface area contributed by atoms with Gasteiger partial charge in [0.15, 0.2) is 4.96 Å². The predicted octanol–water partition coefficient (Wildman–Crippen LogP) is 1.95. The van der Waals surface area contributed by atoms with Gasteiger partial charge in [0.2, 0.25) is 5.91 Å². The summed E-state index contributed by atoms with van der Waals surface area (Å²) in [7, 11) is 0. The molecule has 22 heavy (non-hydrogen) atoms. The van der Waals surface area contributed by atoms with Gasteiger partial charge in [-0.1, -0.05) is 0 Å². The van der Waals surface area contributed by atoms with Crippen LogP contribution in [0.4, 0.5) is 0 Å². The Kier molecular flexibility index (Phi) is 3.16. The van der Waals surface area contributed by atoms with Gasteiger partial charge in [0.25, 0.3) is 5.91 Å². The summed E-state index contributed by atoms with van der Waals surface area (Å²) < 4.78 is 2.01. The lowest BCUT2D eigenvalue weighted by molar-refractivity contribution is -0.123. The summed E-state index contributed by atoms with van der Waals surface area (Å²) in [5, 5.41) is 1.98. The van der Waals surface area contributed by atoms with Crippen LogP contribution in [0.15, 0.2) is 17.6 Å². The van der Waals surface area contributed by atoms with Crippen molar-refractivity contribution >= 4 is 49.8 Å². The average molecular weight is 334 g/mol. The Hall–Kier alpha value is -1.93. The molecule has 4 rings (SSSR count). The maximum Gasteiger partial charge on any atom is 0.264 e. The van der Waals surface area contributed by atoms with Crippen LogP contribution in [0.25, 0.3) is 15.3 Å². The molecule has 0 atom stereocenters. The molecule has 2 amide bonds.